The molecule has 1 saturated heterocycles. The van der Waals surface area contributed by atoms with Gasteiger partial charge in [0.15, 0.2) is 0 Å². The van der Waals surface area contributed by atoms with E-state index in [0.29, 0.717) is 25.6 Å². The second kappa shape index (κ2) is 11.5. The molecule has 11 heteroatoms. The minimum Gasteiger partial charge on any atom is -0.377 e. The predicted molar refractivity (Wildman–Crippen MR) is 110 cm³/mol. The summed E-state index contributed by atoms with van der Waals surface area (Å²) in [4.78, 5) is 24.4. The molecule has 0 aromatic carbocycles. The third kappa shape index (κ3) is 6.41. The van der Waals surface area contributed by atoms with E-state index in [0.717, 1.165) is 12.8 Å². The number of urea groups is 2. The molecule has 166 valence electrons. The average molecular weight is 431 g/mol. The molecular formula is C18H34N4O6Si. The van der Waals surface area contributed by atoms with Gasteiger partial charge in [-0.05, 0) is 12.8 Å². The van der Waals surface area contributed by atoms with Crippen molar-refractivity contribution in [3.05, 3.63) is 12.2 Å². The van der Waals surface area contributed by atoms with Gasteiger partial charge in [0.1, 0.15) is 0 Å². The molecule has 4 amide bonds. The van der Waals surface area contributed by atoms with E-state index in [4.69, 9.17) is 18.0 Å². The van der Waals surface area contributed by atoms with Gasteiger partial charge in [-0.2, -0.15) is 0 Å². The van der Waals surface area contributed by atoms with Gasteiger partial charge in [0.25, 0.3) is 0 Å². The highest BCUT2D eigenvalue weighted by Crippen LogP contribution is 2.29. The third-order valence-electron chi connectivity index (χ3n) is 5.19. The molecule has 10 nitrogen and oxygen atoms in total. The number of hydrogen-bond acceptors (Lipinski definition) is 6. The fourth-order valence-corrected chi connectivity index (χ4v) is 5.22. The molecule has 4 atom stereocenters. The van der Waals surface area contributed by atoms with Crippen LogP contribution < -0.4 is 21.3 Å². The molecule has 0 aromatic rings. The molecule has 2 rings (SSSR count). The minimum atomic E-state index is -2.63. The van der Waals surface area contributed by atoms with Crippen LogP contribution in [-0.2, 0) is 18.0 Å². The van der Waals surface area contributed by atoms with E-state index in [1.165, 1.54) is 0 Å². The Hall–Kier alpha value is -1.66. The van der Waals surface area contributed by atoms with E-state index in [1.54, 1.807) is 21.3 Å². The van der Waals surface area contributed by atoms with Crippen molar-refractivity contribution in [2.24, 2.45) is 0 Å². The average Bonchev–Trinajstić information content (AvgIpc) is 3.32. The summed E-state index contributed by atoms with van der Waals surface area (Å²) in [7, 11) is 2.05. The van der Waals surface area contributed by atoms with Crippen LogP contribution in [0, 0.1) is 0 Å². The normalized spacial score (nSPS) is 25.1. The van der Waals surface area contributed by atoms with Gasteiger partial charge in [0.2, 0.25) is 0 Å². The van der Waals surface area contributed by atoms with Crippen molar-refractivity contribution in [3.8, 4) is 0 Å². The second-order valence-electron chi connectivity index (χ2n) is 7.05. The van der Waals surface area contributed by atoms with Gasteiger partial charge in [0.05, 0.1) is 24.3 Å². The number of carbonyl (C=O) groups excluding carboxylic acids is 2. The van der Waals surface area contributed by atoms with E-state index in [-0.39, 0.29) is 36.4 Å². The van der Waals surface area contributed by atoms with E-state index in [1.807, 2.05) is 12.2 Å². The van der Waals surface area contributed by atoms with Gasteiger partial charge in [-0.3, -0.25) is 0 Å². The van der Waals surface area contributed by atoms with Crippen molar-refractivity contribution in [1.29, 1.82) is 0 Å². The molecule has 0 aromatic heterocycles. The number of fused-ring (bicyclic) bond motifs is 2. The van der Waals surface area contributed by atoms with Crippen molar-refractivity contribution in [3.63, 3.8) is 0 Å². The summed E-state index contributed by atoms with van der Waals surface area (Å²) in [5.74, 6) is 0. The van der Waals surface area contributed by atoms with Crippen molar-refractivity contribution in [2.75, 3.05) is 34.4 Å². The van der Waals surface area contributed by atoms with Crippen molar-refractivity contribution >= 4 is 20.9 Å². The number of rotatable bonds is 12. The lowest BCUT2D eigenvalue weighted by atomic mass is 9.96. The number of unbranched alkanes of at least 4 members (excludes halogenated alkanes) is 1. The number of ether oxygens (including phenoxy) is 1. The Bertz CT molecular complexity index is 566. The molecule has 1 fully saturated rings. The van der Waals surface area contributed by atoms with Gasteiger partial charge < -0.3 is 39.3 Å². The van der Waals surface area contributed by atoms with Gasteiger partial charge in [-0.15, -0.1) is 0 Å². The van der Waals surface area contributed by atoms with Crippen LogP contribution in [0.25, 0.3) is 0 Å². The summed E-state index contributed by atoms with van der Waals surface area (Å²) in [6.45, 7) is 3.13. The van der Waals surface area contributed by atoms with E-state index in [2.05, 4.69) is 28.2 Å². The third-order valence-corrected chi connectivity index (χ3v) is 8.02. The maximum absolute atomic E-state index is 12.3. The lowest BCUT2D eigenvalue weighted by molar-refractivity contribution is 0.109. The molecule has 2 bridgehead atoms. The van der Waals surface area contributed by atoms with Crippen molar-refractivity contribution in [2.45, 2.75) is 56.5 Å². The fourth-order valence-electron chi connectivity index (χ4n) is 3.50. The summed E-state index contributed by atoms with van der Waals surface area (Å²) in [5, 5.41) is 11.5. The first-order valence-electron chi connectivity index (χ1n) is 10.1. The summed E-state index contributed by atoms with van der Waals surface area (Å²) in [5.41, 5.74) is 0. The largest absolute Gasteiger partial charge is 0.500 e. The molecule has 0 saturated carbocycles. The van der Waals surface area contributed by atoms with E-state index >= 15 is 0 Å². The van der Waals surface area contributed by atoms with Crippen molar-refractivity contribution in [1.82, 2.24) is 21.3 Å². The lowest BCUT2D eigenvalue weighted by Gasteiger charge is -2.27. The number of nitrogens with one attached hydrogen (secondary N) is 4. The van der Waals surface area contributed by atoms with Crippen LogP contribution in [0.3, 0.4) is 0 Å². The highest BCUT2D eigenvalue weighted by atomic mass is 28.4. The monoisotopic (exact) mass is 430 g/mol. The van der Waals surface area contributed by atoms with Crippen LogP contribution >= 0.6 is 0 Å². The SMILES string of the molecule is CCCCNC(=O)NC1C2C=CC(O2)C1NC(=O)NCCC[Si](OC)(OC)OC. The standard InChI is InChI=1S/C18H34N4O6Si/c1-5-6-10-19-17(23)21-15-13-8-9-14(28-13)16(15)22-18(24)20-11-7-12-29(25-2,26-3)27-4/h8-9,13-16H,5-7,10-12H2,1-4H3,(H2,19,21,23)(H2,20,22,24). The molecule has 2 aliphatic heterocycles. The Balaban J connectivity index is 1.77. The maximum Gasteiger partial charge on any atom is 0.500 e. The first kappa shape index (κ1) is 23.6. The molecule has 4 N–H and O–H groups in total. The smallest absolute Gasteiger partial charge is 0.377 e. The van der Waals surface area contributed by atoms with Gasteiger partial charge in [0, 0.05) is 40.5 Å². The quantitative estimate of drug-likeness (QED) is 0.206. The van der Waals surface area contributed by atoms with Crippen molar-refractivity contribution < 1.29 is 27.6 Å². The Morgan fingerprint density at radius 2 is 1.38 bits per heavy atom. The number of hydrogen-bond donors (Lipinski definition) is 4. The molecular weight excluding hydrogens is 396 g/mol. The Kier molecular flexibility index (Phi) is 9.37. The van der Waals surface area contributed by atoms with Crippen LogP contribution in [0.2, 0.25) is 6.04 Å². The Morgan fingerprint density at radius 1 is 0.897 bits per heavy atom. The van der Waals surface area contributed by atoms with Crippen LogP contribution in [-0.4, -0.2) is 79.6 Å². The summed E-state index contributed by atoms with van der Waals surface area (Å²) in [6.07, 6.45) is 5.93. The number of amides is 4. The first-order chi connectivity index (χ1) is 14.0. The van der Waals surface area contributed by atoms with Gasteiger partial charge in [-0.1, -0.05) is 25.5 Å². The van der Waals surface area contributed by atoms with Gasteiger partial charge >= 0.3 is 20.9 Å². The summed E-state index contributed by atoms with van der Waals surface area (Å²) >= 11 is 0. The van der Waals surface area contributed by atoms with Crippen LogP contribution in [0.15, 0.2) is 12.2 Å². The Labute approximate surface area is 173 Å². The van der Waals surface area contributed by atoms with Crippen LogP contribution in [0.5, 0.6) is 0 Å². The zero-order valence-corrected chi connectivity index (χ0v) is 18.7. The first-order valence-corrected chi connectivity index (χ1v) is 12.0. The topological polar surface area (TPSA) is 119 Å². The van der Waals surface area contributed by atoms with E-state index < -0.39 is 8.80 Å². The molecule has 4 unspecified atom stereocenters. The van der Waals surface area contributed by atoms with Crippen LogP contribution in [0.1, 0.15) is 26.2 Å². The Morgan fingerprint density at radius 3 is 1.83 bits per heavy atom. The molecule has 2 aliphatic rings. The number of carbonyl (C=O) groups is 2. The highest BCUT2D eigenvalue weighted by molar-refractivity contribution is 6.60. The zero-order valence-electron chi connectivity index (χ0n) is 17.7. The predicted octanol–water partition coefficient (Wildman–Crippen LogP) is 0.728. The van der Waals surface area contributed by atoms with Gasteiger partial charge in [-0.25, -0.2) is 9.59 Å². The molecule has 0 aliphatic carbocycles. The summed E-state index contributed by atoms with van der Waals surface area (Å²) in [6, 6.07) is -0.600. The molecule has 29 heavy (non-hydrogen) atoms. The summed E-state index contributed by atoms with van der Waals surface area (Å²) < 4.78 is 21.9. The second-order valence-corrected chi connectivity index (χ2v) is 10.1. The minimum absolute atomic E-state index is 0.237. The fraction of sp³-hybridized carbons (Fsp3) is 0.778. The lowest BCUT2D eigenvalue weighted by Crippen LogP contribution is -2.59. The molecule has 0 spiro atoms. The maximum atomic E-state index is 12.3. The highest BCUT2D eigenvalue weighted by Gasteiger charge is 2.47. The molecule has 2 heterocycles. The molecule has 0 radical (unpaired) electrons. The zero-order chi connectivity index (χ0) is 21.3. The van der Waals surface area contributed by atoms with Crippen LogP contribution in [0.4, 0.5) is 9.59 Å². The van der Waals surface area contributed by atoms with E-state index in [9.17, 15) is 9.59 Å².